The van der Waals surface area contributed by atoms with Gasteiger partial charge in [0.05, 0.1) is 36.7 Å². The highest BCUT2D eigenvalue weighted by Gasteiger charge is 2.19. The first kappa shape index (κ1) is 14.6. The van der Waals surface area contributed by atoms with Gasteiger partial charge in [-0.15, -0.1) is 0 Å². The van der Waals surface area contributed by atoms with Crippen LogP contribution in [0.15, 0.2) is 30.6 Å². The van der Waals surface area contributed by atoms with Gasteiger partial charge in [-0.05, 0) is 24.1 Å². The fraction of sp³-hybridized carbons (Fsp3) is 0.357. The predicted octanol–water partition coefficient (Wildman–Crippen LogP) is 1.74. The molecule has 0 aliphatic rings. The molecule has 0 spiro atoms. The minimum Gasteiger partial charge on any atom is -0.347 e. The first-order chi connectivity index (χ1) is 10.6. The van der Waals surface area contributed by atoms with Gasteiger partial charge >= 0.3 is 0 Å². The lowest BCUT2D eigenvalue weighted by Gasteiger charge is -2.21. The topological polar surface area (TPSA) is 85.6 Å². The number of carbonyl (C=O) groups excluding carboxylic acids is 1. The smallest absolute Gasteiger partial charge is 0.251 e. The van der Waals surface area contributed by atoms with Crippen LogP contribution in [-0.2, 0) is 6.54 Å². The molecule has 0 bridgehead atoms. The van der Waals surface area contributed by atoms with Gasteiger partial charge in [0.25, 0.3) is 5.91 Å². The second-order valence-electron chi connectivity index (χ2n) is 5.38. The van der Waals surface area contributed by atoms with Gasteiger partial charge in [0, 0.05) is 5.56 Å². The summed E-state index contributed by atoms with van der Waals surface area (Å²) in [5, 5.41) is 11.2. The van der Waals surface area contributed by atoms with Crippen molar-refractivity contribution in [3.63, 3.8) is 0 Å². The number of nitrogens with zero attached hydrogens (tertiary/aromatic N) is 5. The van der Waals surface area contributed by atoms with Gasteiger partial charge in [-0.1, -0.05) is 13.8 Å². The van der Waals surface area contributed by atoms with Crippen LogP contribution in [0.1, 0.15) is 24.2 Å². The predicted molar refractivity (Wildman–Crippen MR) is 83.5 cm³/mol. The lowest BCUT2D eigenvalue weighted by atomic mass is 10.0. The van der Waals surface area contributed by atoms with Crippen LogP contribution in [0.25, 0.3) is 11.0 Å². The van der Waals surface area contributed by atoms with Crippen molar-refractivity contribution in [1.29, 1.82) is 0 Å². The number of nitrogens with one attached hydrogen (secondary N) is 1. The molecule has 0 aliphatic carbocycles. The molecule has 3 rings (SSSR count). The zero-order valence-electron chi connectivity index (χ0n) is 12.3. The summed E-state index contributed by atoms with van der Waals surface area (Å²) in [5.74, 6) is 0.139. The van der Waals surface area contributed by atoms with Crippen LogP contribution in [-0.4, -0.2) is 35.7 Å². The minimum atomic E-state index is -0.124. The summed E-state index contributed by atoms with van der Waals surface area (Å²) in [4.78, 5) is 14.0. The molecule has 1 amide bonds. The fourth-order valence-corrected chi connectivity index (χ4v) is 2.63. The van der Waals surface area contributed by atoms with Crippen LogP contribution in [0, 0.1) is 5.92 Å². The van der Waals surface area contributed by atoms with Gasteiger partial charge in [0.15, 0.2) is 0 Å². The Kier molecular flexibility index (Phi) is 4.10. The van der Waals surface area contributed by atoms with E-state index in [0.717, 1.165) is 22.8 Å². The monoisotopic (exact) mass is 316 g/mol. The fourth-order valence-electron chi connectivity index (χ4n) is 2.11. The van der Waals surface area contributed by atoms with E-state index in [9.17, 15) is 4.79 Å². The molecule has 3 aromatic rings. The van der Waals surface area contributed by atoms with Crippen LogP contribution >= 0.6 is 11.7 Å². The van der Waals surface area contributed by atoms with Crippen molar-refractivity contribution in [1.82, 2.24) is 29.1 Å². The largest absolute Gasteiger partial charge is 0.347 e. The van der Waals surface area contributed by atoms with E-state index in [4.69, 9.17) is 0 Å². The van der Waals surface area contributed by atoms with Gasteiger partial charge in [0.2, 0.25) is 0 Å². The Morgan fingerprint density at radius 1 is 1.23 bits per heavy atom. The van der Waals surface area contributed by atoms with E-state index >= 15 is 0 Å². The first-order valence-electron chi connectivity index (χ1n) is 7.01. The molecule has 2 aromatic heterocycles. The summed E-state index contributed by atoms with van der Waals surface area (Å²) in [6.45, 7) is 4.65. The van der Waals surface area contributed by atoms with Gasteiger partial charge in [-0.2, -0.15) is 23.7 Å². The molecule has 1 atom stereocenters. The maximum absolute atomic E-state index is 12.4. The molecule has 8 heteroatoms. The Labute approximate surface area is 131 Å². The molecule has 0 unspecified atom stereocenters. The summed E-state index contributed by atoms with van der Waals surface area (Å²) in [6, 6.07) is 5.29. The van der Waals surface area contributed by atoms with E-state index in [1.807, 2.05) is 6.07 Å². The second-order valence-corrected chi connectivity index (χ2v) is 5.90. The molecule has 22 heavy (non-hydrogen) atoms. The Morgan fingerprint density at radius 3 is 2.68 bits per heavy atom. The standard InChI is InChI=1S/C14H16N6OS/c1-9(2)13(8-20-15-5-6-16-20)17-14(21)10-3-4-11-12(7-10)19-22-18-11/h3-7,9,13H,8H2,1-2H3,(H,17,21)/t13-/m1/s1. The molecule has 0 saturated heterocycles. The number of hydrogen-bond acceptors (Lipinski definition) is 6. The summed E-state index contributed by atoms with van der Waals surface area (Å²) >= 11 is 1.14. The van der Waals surface area contributed by atoms with Crippen molar-refractivity contribution >= 4 is 28.7 Å². The van der Waals surface area contributed by atoms with Crippen LogP contribution in [0.4, 0.5) is 0 Å². The molecule has 0 saturated carbocycles. The maximum Gasteiger partial charge on any atom is 0.251 e. The Balaban J connectivity index is 1.75. The molecule has 114 valence electrons. The van der Waals surface area contributed by atoms with Gasteiger partial charge < -0.3 is 5.32 Å². The van der Waals surface area contributed by atoms with E-state index in [-0.39, 0.29) is 17.9 Å². The SMILES string of the molecule is CC(C)[C@@H](Cn1nccn1)NC(=O)c1ccc2nsnc2c1. The van der Waals surface area contributed by atoms with E-state index in [1.54, 1.807) is 29.3 Å². The summed E-state index contributed by atoms with van der Waals surface area (Å²) in [5.41, 5.74) is 2.13. The minimum absolute atomic E-state index is 0.0517. The average Bonchev–Trinajstić information content (AvgIpc) is 3.16. The third kappa shape index (κ3) is 3.11. The maximum atomic E-state index is 12.4. The highest BCUT2D eigenvalue weighted by molar-refractivity contribution is 7.00. The van der Waals surface area contributed by atoms with E-state index in [1.165, 1.54) is 0 Å². The van der Waals surface area contributed by atoms with Crippen molar-refractivity contribution in [3.05, 3.63) is 36.2 Å². The molecular formula is C14H16N6OS. The van der Waals surface area contributed by atoms with Crippen molar-refractivity contribution in [2.75, 3.05) is 0 Å². The van der Waals surface area contributed by atoms with Gasteiger partial charge in [-0.3, -0.25) is 4.79 Å². The summed E-state index contributed by atoms with van der Waals surface area (Å²) in [6.07, 6.45) is 3.25. The zero-order chi connectivity index (χ0) is 15.5. The van der Waals surface area contributed by atoms with Crippen molar-refractivity contribution < 1.29 is 4.79 Å². The summed E-state index contributed by atoms with van der Waals surface area (Å²) < 4.78 is 8.30. The van der Waals surface area contributed by atoms with Crippen molar-refractivity contribution in [2.24, 2.45) is 5.92 Å². The number of carbonyl (C=O) groups is 1. The van der Waals surface area contributed by atoms with Crippen LogP contribution in [0.3, 0.4) is 0 Å². The second kappa shape index (κ2) is 6.18. The number of aromatic nitrogens is 5. The quantitative estimate of drug-likeness (QED) is 0.775. The molecule has 0 radical (unpaired) electrons. The third-order valence-corrected chi connectivity index (χ3v) is 4.02. The molecule has 0 fully saturated rings. The first-order valence-corrected chi connectivity index (χ1v) is 7.74. The Hall–Kier alpha value is -2.35. The molecule has 2 heterocycles. The van der Waals surface area contributed by atoms with Crippen LogP contribution in [0.2, 0.25) is 0 Å². The van der Waals surface area contributed by atoms with Crippen molar-refractivity contribution in [3.8, 4) is 0 Å². The molecule has 7 nitrogen and oxygen atoms in total. The normalized spacial score (nSPS) is 12.7. The van der Waals surface area contributed by atoms with Gasteiger partial charge in [0.1, 0.15) is 11.0 Å². The molecule has 0 aliphatic heterocycles. The van der Waals surface area contributed by atoms with Crippen molar-refractivity contribution in [2.45, 2.75) is 26.4 Å². The third-order valence-electron chi connectivity index (χ3n) is 3.46. The number of fused-ring (bicyclic) bond motifs is 1. The Bertz CT molecular complexity index is 767. The van der Waals surface area contributed by atoms with Crippen LogP contribution < -0.4 is 5.32 Å². The van der Waals surface area contributed by atoms with E-state index < -0.39 is 0 Å². The lowest BCUT2D eigenvalue weighted by molar-refractivity contribution is 0.0918. The molecule has 1 aromatic carbocycles. The molecular weight excluding hydrogens is 300 g/mol. The number of rotatable bonds is 5. The lowest BCUT2D eigenvalue weighted by Crippen LogP contribution is -2.42. The highest BCUT2D eigenvalue weighted by Crippen LogP contribution is 2.14. The zero-order valence-corrected chi connectivity index (χ0v) is 13.1. The molecule has 1 N–H and O–H groups in total. The number of amides is 1. The van der Waals surface area contributed by atoms with E-state index in [2.05, 4.69) is 38.1 Å². The Morgan fingerprint density at radius 2 is 1.95 bits per heavy atom. The highest BCUT2D eigenvalue weighted by atomic mass is 32.1. The van der Waals surface area contributed by atoms with E-state index in [0.29, 0.717) is 12.1 Å². The average molecular weight is 316 g/mol. The van der Waals surface area contributed by atoms with Crippen LogP contribution in [0.5, 0.6) is 0 Å². The van der Waals surface area contributed by atoms with Gasteiger partial charge in [-0.25, -0.2) is 0 Å². The summed E-state index contributed by atoms with van der Waals surface area (Å²) in [7, 11) is 0. The number of benzene rings is 1. The number of hydrogen-bond donors (Lipinski definition) is 1.